The van der Waals surface area contributed by atoms with Gasteiger partial charge in [0.15, 0.2) is 0 Å². The van der Waals surface area contributed by atoms with Crippen LogP contribution in [0.5, 0.6) is 0 Å². The molecular weight excluding hydrogens is 306 g/mol. The van der Waals surface area contributed by atoms with Crippen LogP contribution in [0, 0.1) is 0 Å². The van der Waals surface area contributed by atoms with E-state index in [0.29, 0.717) is 21.4 Å². The third kappa shape index (κ3) is 3.43. The van der Waals surface area contributed by atoms with Crippen LogP contribution in [-0.4, -0.2) is 21.7 Å². The number of ether oxygens (including phenoxy) is 1. The summed E-state index contributed by atoms with van der Waals surface area (Å²) in [6, 6.07) is 5.17. The van der Waals surface area contributed by atoms with Crippen LogP contribution in [-0.2, 0) is 15.5 Å². The molecule has 0 aromatic heterocycles. The molecule has 1 aliphatic carbocycles. The van der Waals surface area contributed by atoms with Crippen molar-refractivity contribution >= 4 is 28.1 Å². The summed E-state index contributed by atoms with van der Waals surface area (Å²) < 4.78 is 18.8. The summed E-state index contributed by atoms with van der Waals surface area (Å²) in [4.78, 5) is 0.666. The minimum atomic E-state index is -1.13. The molecule has 2 fully saturated rings. The summed E-state index contributed by atoms with van der Waals surface area (Å²) >= 11 is 6.14. The molecule has 1 saturated carbocycles. The van der Waals surface area contributed by atoms with E-state index < -0.39 is 10.8 Å². The third-order valence-corrected chi connectivity index (χ3v) is 6.59. The van der Waals surface area contributed by atoms with Crippen molar-refractivity contribution in [2.24, 2.45) is 0 Å². The maximum atomic E-state index is 12.5. The van der Waals surface area contributed by atoms with Gasteiger partial charge in [-0.1, -0.05) is 30.9 Å². The van der Waals surface area contributed by atoms with Gasteiger partial charge in [0.25, 0.3) is 0 Å². The molecule has 1 aromatic carbocycles. The average Bonchev–Trinajstić information content (AvgIpc) is 2.82. The van der Waals surface area contributed by atoms with Crippen LogP contribution in [0.15, 0.2) is 23.1 Å². The van der Waals surface area contributed by atoms with E-state index in [-0.39, 0.29) is 11.7 Å². The highest BCUT2D eigenvalue weighted by Gasteiger charge is 2.41. The first kappa shape index (κ1) is 15.3. The van der Waals surface area contributed by atoms with E-state index in [4.69, 9.17) is 22.1 Å². The van der Waals surface area contributed by atoms with Gasteiger partial charge in [-0.25, -0.2) is 0 Å². The summed E-state index contributed by atoms with van der Waals surface area (Å²) in [6.07, 6.45) is 8.40. The summed E-state index contributed by atoms with van der Waals surface area (Å²) in [5, 5.41) is 0.485. The fraction of sp³-hybridized carbons (Fsp3) is 0.625. The zero-order valence-corrected chi connectivity index (χ0v) is 13.7. The molecule has 2 N–H and O–H groups in total. The molecule has 1 aromatic rings. The Labute approximate surface area is 133 Å². The quantitative estimate of drug-likeness (QED) is 0.856. The van der Waals surface area contributed by atoms with Crippen LogP contribution in [0.2, 0.25) is 5.02 Å². The Bertz CT molecular complexity index is 543. The topological polar surface area (TPSA) is 52.3 Å². The van der Waals surface area contributed by atoms with Crippen LogP contribution < -0.4 is 5.73 Å². The minimum absolute atomic E-state index is 0.0814. The molecule has 2 unspecified atom stereocenters. The number of nitrogens with two attached hydrogens (primary N) is 1. The predicted octanol–water partition coefficient (Wildman–Crippen LogP) is 3.91. The summed E-state index contributed by atoms with van der Waals surface area (Å²) in [7, 11) is -1.13. The van der Waals surface area contributed by atoms with Gasteiger partial charge in [0.1, 0.15) is 0 Å². The second-order valence-corrected chi connectivity index (χ2v) is 8.10. The fourth-order valence-corrected chi connectivity index (χ4v) is 5.23. The Balaban J connectivity index is 1.63. The van der Waals surface area contributed by atoms with Gasteiger partial charge in [0, 0.05) is 5.69 Å². The molecule has 5 heteroatoms. The van der Waals surface area contributed by atoms with Gasteiger partial charge in [0.05, 0.1) is 38.2 Å². The van der Waals surface area contributed by atoms with E-state index >= 15 is 0 Å². The Kier molecular flexibility index (Phi) is 4.57. The van der Waals surface area contributed by atoms with E-state index in [9.17, 15) is 4.21 Å². The zero-order chi connectivity index (χ0) is 14.9. The van der Waals surface area contributed by atoms with Crippen LogP contribution in [0.4, 0.5) is 5.69 Å². The first-order valence-corrected chi connectivity index (χ1v) is 9.39. The molecule has 2 atom stereocenters. The lowest BCUT2D eigenvalue weighted by molar-refractivity contribution is -0.0557. The van der Waals surface area contributed by atoms with Crippen molar-refractivity contribution in [3.63, 3.8) is 0 Å². The molecule has 1 heterocycles. The highest BCUT2D eigenvalue weighted by atomic mass is 35.5. The maximum absolute atomic E-state index is 12.5. The smallest absolute Gasteiger partial charge is 0.0702 e. The molecule has 1 aliphatic heterocycles. The van der Waals surface area contributed by atoms with Crippen LogP contribution >= 0.6 is 11.6 Å². The maximum Gasteiger partial charge on any atom is 0.0702 e. The van der Waals surface area contributed by atoms with E-state index in [1.54, 1.807) is 18.2 Å². The van der Waals surface area contributed by atoms with Gasteiger partial charge in [-0.2, -0.15) is 0 Å². The molecule has 2 aliphatic rings. The summed E-state index contributed by atoms with van der Waals surface area (Å²) in [5.74, 6) is 0.533. The molecule has 1 spiro atoms. The van der Waals surface area contributed by atoms with Gasteiger partial charge < -0.3 is 10.5 Å². The van der Waals surface area contributed by atoms with Gasteiger partial charge in [-0.15, -0.1) is 0 Å². The van der Waals surface area contributed by atoms with Gasteiger partial charge in [0.2, 0.25) is 0 Å². The van der Waals surface area contributed by atoms with Crippen molar-refractivity contribution in [3.05, 3.63) is 23.2 Å². The average molecular weight is 328 g/mol. The SMILES string of the molecule is Nc1ccc(S(=O)CC2CCC3(CCCCC3)O2)c(Cl)c1. The molecule has 116 valence electrons. The van der Waals surface area contributed by atoms with E-state index in [0.717, 1.165) is 12.8 Å². The van der Waals surface area contributed by atoms with Gasteiger partial charge in [-0.05, 0) is 43.9 Å². The van der Waals surface area contributed by atoms with Crippen molar-refractivity contribution in [2.45, 2.75) is 61.5 Å². The Hall–Kier alpha value is -0.580. The molecule has 0 bridgehead atoms. The molecule has 3 rings (SSSR count). The highest BCUT2D eigenvalue weighted by molar-refractivity contribution is 7.85. The standard InChI is InChI=1S/C16H22ClNO2S/c17-14-10-12(18)4-5-15(14)21(19)11-13-6-9-16(20-13)7-2-1-3-8-16/h4-5,10,13H,1-3,6-9,11,18H2. The number of hydrogen-bond donors (Lipinski definition) is 1. The van der Waals surface area contributed by atoms with Crippen molar-refractivity contribution in [3.8, 4) is 0 Å². The van der Waals surface area contributed by atoms with E-state index in [1.165, 1.54) is 32.1 Å². The van der Waals surface area contributed by atoms with E-state index in [2.05, 4.69) is 0 Å². The normalized spacial score (nSPS) is 26.0. The second-order valence-electron chi connectivity index (χ2n) is 6.22. The number of anilines is 1. The number of halogens is 1. The fourth-order valence-electron chi connectivity index (χ4n) is 3.54. The molecule has 1 saturated heterocycles. The number of hydrogen-bond acceptors (Lipinski definition) is 3. The monoisotopic (exact) mass is 327 g/mol. The first-order chi connectivity index (χ1) is 10.1. The lowest BCUT2D eigenvalue weighted by Gasteiger charge is -2.33. The van der Waals surface area contributed by atoms with Gasteiger partial charge >= 0.3 is 0 Å². The molecular formula is C16H22ClNO2S. The van der Waals surface area contributed by atoms with Crippen LogP contribution in [0.25, 0.3) is 0 Å². The molecule has 0 radical (unpaired) electrons. The molecule has 3 nitrogen and oxygen atoms in total. The summed E-state index contributed by atoms with van der Waals surface area (Å²) in [5.41, 5.74) is 6.35. The Morgan fingerprint density at radius 2 is 2.05 bits per heavy atom. The van der Waals surface area contributed by atoms with Crippen LogP contribution in [0.1, 0.15) is 44.9 Å². The minimum Gasteiger partial charge on any atom is -0.399 e. The van der Waals surface area contributed by atoms with Crippen molar-refractivity contribution in [1.82, 2.24) is 0 Å². The Morgan fingerprint density at radius 1 is 1.29 bits per heavy atom. The largest absolute Gasteiger partial charge is 0.399 e. The second kappa shape index (κ2) is 6.27. The number of nitrogen functional groups attached to an aromatic ring is 1. The predicted molar refractivity (Wildman–Crippen MR) is 87.1 cm³/mol. The zero-order valence-electron chi connectivity index (χ0n) is 12.1. The van der Waals surface area contributed by atoms with Gasteiger partial charge in [-0.3, -0.25) is 4.21 Å². The summed E-state index contributed by atoms with van der Waals surface area (Å²) in [6.45, 7) is 0. The lowest BCUT2D eigenvalue weighted by Crippen LogP contribution is -2.32. The Morgan fingerprint density at radius 3 is 2.76 bits per heavy atom. The van der Waals surface area contributed by atoms with Crippen LogP contribution in [0.3, 0.4) is 0 Å². The molecule has 21 heavy (non-hydrogen) atoms. The number of rotatable bonds is 3. The third-order valence-electron chi connectivity index (χ3n) is 4.64. The number of benzene rings is 1. The van der Waals surface area contributed by atoms with Crippen molar-refractivity contribution in [1.29, 1.82) is 0 Å². The highest BCUT2D eigenvalue weighted by Crippen LogP contribution is 2.42. The molecule has 0 amide bonds. The van der Waals surface area contributed by atoms with Crippen molar-refractivity contribution < 1.29 is 8.95 Å². The first-order valence-electron chi connectivity index (χ1n) is 7.69. The van der Waals surface area contributed by atoms with E-state index in [1.807, 2.05) is 0 Å². The van der Waals surface area contributed by atoms with Crippen molar-refractivity contribution in [2.75, 3.05) is 11.5 Å². The lowest BCUT2D eigenvalue weighted by atomic mass is 9.83.